The van der Waals surface area contributed by atoms with Crippen molar-refractivity contribution >= 4 is 45.8 Å². The van der Waals surface area contributed by atoms with Gasteiger partial charge < -0.3 is 9.97 Å². The Hall–Kier alpha value is -3.84. The molecule has 2 heterocycles. The smallest absolute Gasteiger partial charge is 0.271 e. The van der Waals surface area contributed by atoms with Crippen LogP contribution < -0.4 is 5.43 Å². The van der Waals surface area contributed by atoms with Gasteiger partial charge in [0.1, 0.15) is 0 Å². The number of aromatic amines is 2. The van der Waals surface area contributed by atoms with Crippen LogP contribution in [0.4, 0.5) is 0 Å². The van der Waals surface area contributed by atoms with Crippen LogP contribution >= 0.6 is 11.8 Å². The van der Waals surface area contributed by atoms with Crippen LogP contribution in [0.3, 0.4) is 0 Å². The zero-order valence-electron chi connectivity index (χ0n) is 16.5. The molecule has 0 atom stereocenters. The fraction of sp³-hybridized carbons (Fsp3) is 0.0417. The Morgan fingerprint density at radius 2 is 1.77 bits per heavy atom. The zero-order valence-corrected chi connectivity index (χ0v) is 17.3. The summed E-state index contributed by atoms with van der Waals surface area (Å²) in [5.41, 5.74) is 8.22. The predicted octanol–water partition coefficient (Wildman–Crippen LogP) is 5.10. The molecular weight excluding hydrogens is 406 g/mol. The minimum absolute atomic E-state index is 0.243. The number of benzene rings is 3. The monoisotopic (exact) mass is 425 g/mol. The van der Waals surface area contributed by atoms with Gasteiger partial charge in [-0.2, -0.15) is 5.10 Å². The van der Waals surface area contributed by atoms with Crippen molar-refractivity contribution in [2.45, 2.75) is 10.9 Å². The van der Waals surface area contributed by atoms with Crippen LogP contribution in [-0.4, -0.2) is 27.1 Å². The average Bonchev–Trinajstić information content (AvgIpc) is 3.42. The van der Waals surface area contributed by atoms with E-state index in [0.29, 0.717) is 5.56 Å². The Morgan fingerprint density at radius 1 is 1.00 bits per heavy atom. The summed E-state index contributed by atoms with van der Waals surface area (Å²) < 4.78 is 0. The van der Waals surface area contributed by atoms with Gasteiger partial charge >= 0.3 is 0 Å². The highest BCUT2D eigenvalue weighted by Crippen LogP contribution is 2.23. The number of nitrogens with one attached hydrogen (secondary N) is 3. The molecule has 0 spiro atoms. The first kappa shape index (κ1) is 19.1. The molecule has 0 aliphatic rings. The number of rotatable bonds is 6. The van der Waals surface area contributed by atoms with Crippen LogP contribution in [0.2, 0.25) is 0 Å². The number of hydrogen-bond acceptors (Lipinski definition) is 4. The second-order valence-corrected chi connectivity index (χ2v) is 8.00. The number of thioether (sulfide) groups is 1. The molecule has 0 fully saturated rings. The molecule has 0 saturated carbocycles. The van der Waals surface area contributed by atoms with Crippen molar-refractivity contribution in [2.75, 3.05) is 0 Å². The second kappa shape index (κ2) is 8.49. The Balaban J connectivity index is 1.18. The number of fused-ring (bicyclic) bond motifs is 2. The summed E-state index contributed by atoms with van der Waals surface area (Å²) in [6, 6.07) is 23.5. The Labute approximate surface area is 182 Å². The van der Waals surface area contributed by atoms with Crippen molar-refractivity contribution in [3.05, 3.63) is 95.7 Å². The number of carbonyl (C=O) groups excluding carboxylic acids is 1. The van der Waals surface area contributed by atoms with E-state index in [2.05, 4.69) is 25.5 Å². The number of H-pyrrole nitrogens is 2. The molecule has 31 heavy (non-hydrogen) atoms. The van der Waals surface area contributed by atoms with E-state index in [1.165, 1.54) is 0 Å². The molecule has 2 aromatic heterocycles. The van der Waals surface area contributed by atoms with Gasteiger partial charge in [-0.1, -0.05) is 54.2 Å². The van der Waals surface area contributed by atoms with Crippen molar-refractivity contribution in [1.82, 2.24) is 20.4 Å². The SMILES string of the molecule is O=C(N/N=C/c1c[nH]c2ccccc12)c1ccc(CSc2nc3ccccc3[nH]2)cc1. The largest absolute Gasteiger partial charge is 0.361 e. The Kier molecular flexibility index (Phi) is 5.24. The Bertz CT molecular complexity index is 1350. The summed E-state index contributed by atoms with van der Waals surface area (Å²) in [6.45, 7) is 0. The van der Waals surface area contributed by atoms with Gasteiger partial charge in [0.2, 0.25) is 0 Å². The fourth-order valence-corrected chi connectivity index (χ4v) is 4.17. The molecule has 5 aromatic rings. The second-order valence-electron chi connectivity index (χ2n) is 7.03. The van der Waals surface area contributed by atoms with E-state index >= 15 is 0 Å². The first-order valence-corrected chi connectivity index (χ1v) is 10.8. The maximum atomic E-state index is 12.4. The topological polar surface area (TPSA) is 85.9 Å². The Morgan fingerprint density at radius 3 is 2.61 bits per heavy atom. The van der Waals surface area contributed by atoms with Gasteiger partial charge in [0, 0.05) is 34.0 Å². The molecule has 5 rings (SSSR count). The standard InChI is InChI=1S/C24H19N5OS/c30-23(29-26-14-18-13-25-20-6-2-1-5-19(18)20)17-11-9-16(10-12-17)15-31-24-27-21-7-3-4-8-22(21)28-24/h1-14,25H,15H2,(H,27,28)(H,29,30)/b26-14+. The van der Waals surface area contributed by atoms with Crippen LogP contribution in [0.5, 0.6) is 0 Å². The number of aromatic nitrogens is 3. The number of nitrogens with zero attached hydrogens (tertiary/aromatic N) is 2. The summed E-state index contributed by atoms with van der Waals surface area (Å²) in [4.78, 5) is 23.4. The van der Waals surface area contributed by atoms with Crippen molar-refractivity contribution in [1.29, 1.82) is 0 Å². The number of hydrazone groups is 1. The number of amides is 1. The van der Waals surface area contributed by atoms with Gasteiger partial charge in [0.15, 0.2) is 5.16 Å². The van der Waals surface area contributed by atoms with E-state index in [0.717, 1.165) is 44.0 Å². The molecule has 0 aliphatic carbocycles. The molecule has 0 unspecified atom stereocenters. The summed E-state index contributed by atoms with van der Waals surface area (Å²) in [7, 11) is 0. The molecule has 3 N–H and O–H groups in total. The summed E-state index contributed by atoms with van der Waals surface area (Å²) in [5.74, 6) is 0.521. The summed E-state index contributed by atoms with van der Waals surface area (Å²) >= 11 is 1.63. The lowest BCUT2D eigenvalue weighted by molar-refractivity contribution is 0.0955. The molecule has 0 aliphatic heterocycles. The molecule has 0 radical (unpaired) electrons. The van der Waals surface area contributed by atoms with Crippen molar-refractivity contribution in [3.63, 3.8) is 0 Å². The lowest BCUT2D eigenvalue weighted by Crippen LogP contribution is -2.17. The van der Waals surface area contributed by atoms with Crippen molar-refractivity contribution in [3.8, 4) is 0 Å². The van der Waals surface area contributed by atoms with Gasteiger partial charge in [0.05, 0.1) is 17.2 Å². The van der Waals surface area contributed by atoms with E-state index in [9.17, 15) is 4.79 Å². The molecule has 152 valence electrons. The maximum Gasteiger partial charge on any atom is 0.271 e. The molecule has 3 aromatic carbocycles. The van der Waals surface area contributed by atoms with Crippen LogP contribution in [0, 0.1) is 0 Å². The number of carbonyl (C=O) groups is 1. The highest BCUT2D eigenvalue weighted by molar-refractivity contribution is 7.98. The lowest BCUT2D eigenvalue weighted by Gasteiger charge is -2.03. The van der Waals surface area contributed by atoms with E-state index in [1.807, 2.05) is 79.0 Å². The van der Waals surface area contributed by atoms with E-state index in [-0.39, 0.29) is 5.91 Å². The minimum Gasteiger partial charge on any atom is -0.361 e. The third kappa shape index (κ3) is 4.22. The fourth-order valence-electron chi connectivity index (χ4n) is 3.33. The van der Waals surface area contributed by atoms with Gasteiger partial charge in [-0.25, -0.2) is 10.4 Å². The summed E-state index contributed by atoms with van der Waals surface area (Å²) in [6.07, 6.45) is 3.52. The van der Waals surface area contributed by atoms with Crippen LogP contribution in [0.25, 0.3) is 21.9 Å². The van der Waals surface area contributed by atoms with E-state index < -0.39 is 0 Å². The van der Waals surface area contributed by atoms with Gasteiger partial charge in [-0.15, -0.1) is 0 Å². The van der Waals surface area contributed by atoms with Crippen LogP contribution in [0.15, 0.2) is 89.3 Å². The van der Waals surface area contributed by atoms with Gasteiger partial charge in [-0.05, 0) is 35.9 Å². The lowest BCUT2D eigenvalue weighted by atomic mass is 10.1. The molecule has 0 saturated heterocycles. The highest BCUT2D eigenvalue weighted by atomic mass is 32.2. The van der Waals surface area contributed by atoms with Gasteiger partial charge in [-0.3, -0.25) is 4.79 Å². The molecule has 0 bridgehead atoms. The molecular formula is C24H19N5OS. The number of hydrogen-bond donors (Lipinski definition) is 3. The van der Waals surface area contributed by atoms with Crippen molar-refractivity contribution in [2.24, 2.45) is 5.10 Å². The van der Waals surface area contributed by atoms with E-state index in [4.69, 9.17) is 0 Å². The van der Waals surface area contributed by atoms with Crippen LogP contribution in [0.1, 0.15) is 21.5 Å². The van der Waals surface area contributed by atoms with Crippen molar-refractivity contribution < 1.29 is 4.79 Å². The first-order chi connectivity index (χ1) is 15.3. The highest BCUT2D eigenvalue weighted by Gasteiger charge is 2.07. The molecule has 7 heteroatoms. The summed E-state index contributed by atoms with van der Waals surface area (Å²) in [5, 5.41) is 6.04. The van der Waals surface area contributed by atoms with Gasteiger partial charge in [0.25, 0.3) is 5.91 Å². The third-order valence-electron chi connectivity index (χ3n) is 4.95. The maximum absolute atomic E-state index is 12.4. The quantitative estimate of drug-likeness (QED) is 0.201. The first-order valence-electron chi connectivity index (χ1n) is 9.82. The van der Waals surface area contributed by atoms with E-state index in [1.54, 1.807) is 18.0 Å². The average molecular weight is 426 g/mol. The molecule has 6 nitrogen and oxygen atoms in total. The number of para-hydroxylation sites is 3. The molecule has 1 amide bonds. The number of imidazole rings is 1. The third-order valence-corrected chi connectivity index (χ3v) is 5.89. The van der Waals surface area contributed by atoms with Crippen LogP contribution in [-0.2, 0) is 5.75 Å². The minimum atomic E-state index is -0.243. The predicted molar refractivity (Wildman–Crippen MR) is 125 cm³/mol. The normalized spacial score (nSPS) is 11.5. The zero-order chi connectivity index (χ0) is 21.0.